The van der Waals surface area contributed by atoms with Gasteiger partial charge in [-0.1, -0.05) is 41.4 Å². The Morgan fingerprint density at radius 3 is 2.39 bits per heavy atom. The number of rotatable bonds is 7. The molecule has 3 fully saturated rings. The SMILES string of the molecule is COc1cc(C2C3=CCC4C(=O)N(c5cccc([N+](=O)[O-])c5)C(=O)C4C3CC3C(=O)N(Nc4ccc(F)cc4)C(=O)C32c2ccc(Cl)cc2)cc(Br)c1O. The van der Waals surface area contributed by atoms with E-state index in [0.29, 0.717) is 21.7 Å². The van der Waals surface area contributed by atoms with Crippen molar-refractivity contribution in [3.63, 3.8) is 0 Å². The Labute approximate surface area is 320 Å². The maximum absolute atomic E-state index is 15.3. The van der Waals surface area contributed by atoms with Crippen molar-refractivity contribution in [3.8, 4) is 11.5 Å². The maximum atomic E-state index is 15.3. The molecule has 2 N–H and O–H groups in total. The van der Waals surface area contributed by atoms with Crippen LogP contribution in [0.3, 0.4) is 0 Å². The van der Waals surface area contributed by atoms with Crippen molar-refractivity contribution < 1.29 is 38.3 Å². The number of amides is 4. The summed E-state index contributed by atoms with van der Waals surface area (Å²) in [5.74, 6) is -7.55. The number of allylic oxidation sites excluding steroid dienone is 2. The number of carbonyl (C=O) groups excluding carboxylic acids is 4. The van der Waals surface area contributed by atoms with Crippen molar-refractivity contribution >= 4 is 68.2 Å². The van der Waals surface area contributed by atoms with Crippen molar-refractivity contribution in [2.24, 2.45) is 23.7 Å². The Morgan fingerprint density at radius 2 is 1.70 bits per heavy atom. The number of imide groups is 2. The van der Waals surface area contributed by atoms with Gasteiger partial charge in [-0.2, -0.15) is 5.01 Å². The number of halogens is 3. The summed E-state index contributed by atoms with van der Waals surface area (Å²) in [6.45, 7) is 0. The molecule has 6 unspecified atom stereocenters. The number of hydrogen-bond acceptors (Lipinski definition) is 9. The molecule has 12 nitrogen and oxygen atoms in total. The number of anilines is 2. The average Bonchev–Trinajstić information content (AvgIpc) is 3.54. The molecule has 0 aromatic heterocycles. The van der Waals surface area contributed by atoms with E-state index in [-0.39, 0.29) is 45.9 Å². The van der Waals surface area contributed by atoms with Crippen LogP contribution in [0.15, 0.2) is 101 Å². The van der Waals surface area contributed by atoms with Crippen molar-refractivity contribution in [3.05, 3.63) is 133 Å². The molecule has 4 amide bonds. The number of nitro groups is 1. The minimum absolute atomic E-state index is 0.0174. The van der Waals surface area contributed by atoms with Gasteiger partial charge in [0.2, 0.25) is 11.8 Å². The lowest BCUT2D eigenvalue weighted by Crippen LogP contribution is -2.53. The van der Waals surface area contributed by atoms with Crippen molar-refractivity contribution in [2.75, 3.05) is 17.4 Å². The zero-order valence-electron chi connectivity index (χ0n) is 28.2. The number of aromatic hydroxyl groups is 1. The number of nitrogens with zero attached hydrogens (tertiary/aromatic N) is 3. The van der Waals surface area contributed by atoms with Gasteiger partial charge in [0.05, 0.1) is 51.0 Å². The highest BCUT2D eigenvalue weighted by molar-refractivity contribution is 9.10. The average molecular weight is 816 g/mol. The van der Waals surface area contributed by atoms with Crippen LogP contribution in [0.4, 0.5) is 21.5 Å². The summed E-state index contributed by atoms with van der Waals surface area (Å²) < 4.78 is 19.7. The summed E-state index contributed by atoms with van der Waals surface area (Å²) in [6.07, 6.45) is 1.95. The molecule has 274 valence electrons. The molecule has 2 aliphatic heterocycles. The van der Waals surface area contributed by atoms with Crippen LogP contribution in [0.25, 0.3) is 0 Å². The van der Waals surface area contributed by atoms with E-state index >= 15 is 4.79 Å². The molecule has 4 aliphatic rings. The van der Waals surface area contributed by atoms with Crippen LogP contribution in [0.2, 0.25) is 5.02 Å². The van der Waals surface area contributed by atoms with Gasteiger partial charge < -0.3 is 9.84 Å². The summed E-state index contributed by atoms with van der Waals surface area (Å²) in [5, 5.41) is 23.8. The third kappa shape index (κ3) is 5.22. The fraction of sp³-hybridized carbons (Fsp3) is 0.231. The molecular weight excluding hydrogens is 787 g/mol. The van der Waals surface area contributed by atoms with Gasteiger partial charge in [-0.3, -0.25) is 34.7 Å². The van der Waals surface area contributed by atoms with E-state index in [4.69, 9.17) is 16.3 Å². The number of phenolic OH excluding ortho intramolecular Hbond substituents is 1. The number of hydrogen-bond donors (Lipinski definition) is 2. The first-order valence-electron chi connectivity index (χ1n) is 16.9. The number of non-ortho nitro benzene ring substituents is 1. The number of fused-ring (bicyclic) bond motifs is 4. The van der Waals surface area contributed by atoms with Crippen LogP contribution < -0.4 is 15.1 Å². The fourth-order valence-corrected chi connectivity index (χ4v) is 9.53. The molecule has 2 aliphatic carbocycles. The lowest BCUT2D eigenvalue weighted by Gasteiger charge is -2.50. The van der Waals surface area contributed by atoms with Gasteiger partial charge in [-0.15, -0.1) is 0 Å². The van der Waals surface area contributed by atoms with Gasteiger partial charge in [0.1, 0.15) is 5.82 Å². The Kier molecular flexibility index (Phi) is 8.57. The number of nitro benzene ring substituents is 1. The normalized spacial score (nSPS) is 25.9. The van der Waals surface area contributed by atoms with Crippen molar-refractivity contribution in [1.29, 1.82) is 0 Å². The number of benzene rings is 4. The van der Waals surface area contributed by atoms with E-state index in [9.17, 15) is 34.0 Å². The number of carbonyl (C=O) groups is 4. The number of hydrazine groups is 1. The van der Waals surface area contributed by atoms with E-state index in [1.165, 1.54) is 55.6 Å². The molecule has 2 saturated heterocycles. The van der Waals surface area contributed by atoms with Crippen LogP contribution in [0.5, 0.6) is 11.5 Å². The highest BCUT2D eigenvalue weighted by atomic mass is 79.9. The number of ether oxygens (including phenoxy) is 1. The molecule has 1 saturated carbocycles. The van der Waals surface area contributed by atoms with Gasteiger partial charge in [-0.25, -0.2) is 9.29 Å². The van der Waals surface area contributed by atoms with Crippen LogP contribution in [0, 0.1) is 39.6 Å². The molecule has 0 radical (unpaired) electrons. The summed E-state index contributed by atoms with van der Waals surface area (Å²) in [6, 6.07) is 20.3. The molecule has 0 spiro atoms. The van der Waals surface area contributed by atoms with Gasteiger partial charge in [0.15, 0.2) is 11.5 Å². The molecule has 8 rings (SSSR count). The molecule has 0 bridgehead atoms. The molecule has 2 heterocycles. The first-order chi connectivity index (χ1) is 25.9. The summed E-state index contributed by atoms with van der Waals surface area (Å²) in [4.78, 5) is 70.6. The smallest absolute Gasteiger partial charge is 0.271 e. The van der Waals surface area contributed by atoms with Crippen LogP contribution in [-0.2, 0) is 24.6 Å². The van der Waals surface area contributed by atoms with Crippen LogP contribution in [-0.4, -0.2) is 45.8 Å². The quantitative estimate of drug-likeness (QED) is 0.0863. The fourth-order valence-electron chi connectivity index (χ4n) is 8.95. The standard InChI is InChI=1S/C39H29BrClFN4O8/c1-54-31-16-19(15-30(40)34(31)47)33-26-13-14-27-32(37(50)44(35(27)48)24-3-2-4-25(17-24)46(52)53)28(26)18-29-36(49)45(43-23-11-9-22(42)10-12-23)38(51)39(29,33)20-5-7-21(41)8-6-20/h2-13,15-17,27-29,32-33,43,47H,14,18H2,1H3. The number of nitrogens with one attached hydrogen (secondary N) is 1. The molecule has 54 heavy (non-hydrogen) atoms. The Bertz CT molecular complexity index is 2320. The van der Waals surface area contributed by atoms with E-state index in [0.717, 1.165) is 9.91 Å². The molecule has 4 aromatic carbocycles. The third-order valence-electron chi connectivity index (χ3n) is 11.2. The topological polar surface area (TPSA) is 159 Å². The second-order valence-electron chi connectivity index (χ2n) is 13.7. The van der Waals surface area contributed by atoms with E-state index in [2.05, 4.69) is 21.4 Å². The van der Waals surface area contributed by atoms with E-state index in [1.807, 2.05) is 6.08 Å². The number of methoxy groups -OCH3 is 1. The second kappa shape index (κ2) is 13.1. The first-order valence-corrected chi connectivity index (χ1v) is 18.1. The summed E-state index contributed by atoms with van der Waals surface area (Å²) in [7, 11) is 1.38. The van der Waals surface area contributed by atoms with Crippen LogP contribution in [0.1, 0.15) is 29.9 Å². The summed E-state index contributed by atoms with van der Waals surface area (Å²) >= 11 is 9.77. The number of phenols is 1. The highest BCUT2D eigenvalue weighted by Gasteiger charge is 2.70. The monoisotopic (exact) mass is 814 g/mol. The third-order valence-corrected chi connectivity index (χ3v) is 12.0. The van der Waals surface area contributed by atoms with Gasteiger partial charge in [0.25, 0.3) is 17.5 Å². The van der Waals surface area contributed by atoms with Gasteiger partial charge in [0, 0.05) is 23.1 Å². The minimum atomic E-state index is -1.66. The lowest BCUT2D eigenvalue weighted by atomic mass is 9.49. The summed E-state index contributed by atoms with van der Waals surface area (Å²) in [5.41, 5.74) is 2.85. The van der Waals surface area contributed by atoms with Crippen molar-refractivity contribution in [2.45, 2.75) is 24.2 Å². The lowest BCUT2D eigenvalue weighted by molar-refractivity contribution is -0.384. The predicted octanol–water partition coefficient (Wildman–Crippen LogP) is 7.05. The molecular formula is C39H29BrClFN4O8. The predicted molar refractivity (Wildman–Crippen MR) is 197 cm³/mol. The molecule has 15 heteroatoms. The van der Waals surface area contributed by atoms with Gasteiger partial charge in [-0.05, 0) is 100 Å². The Hall–Kier alpha value is -5.60. The molecule has 4 aromatic rings. The van der Waals surface area contributed by atoms with E-state index in [1.54, 1.807) is 36.4 Å². The minimum Gasteiger partial charge on any atom is -0.503 e. The van der Waals surface area contributed by atoms with Crippen LogP contribution >= 0.6 is 27.5 Å². The highest BCUT2D eigenvalue weighted by Crippen LogP contribution is 2.65. The Balaban J connectivity index is 1.34. The Morgan fingerprint density at radius 1 is 0.981 bits per heavy atom. The zero-order chi connectivity index (χ0) is 38.2. The van der Waals surface area contributed by atoms with E-state index < -0.39 is 69.4 Å². The second-order valence-corrected chi connectivity index (χ2v) is 15.0. The maximum Gasteiger partial charge on any atom is 0.271 e. The zero-order valence-corrected chi connectivity index (χ0v) is 30.6. The van der Waals surface area contributed by atoms with Gasteiger partial charge >= 0.3 is 0 Å². The largest absolute Gasteiger partial charge is 0.503 e. The van der Waals surface area contributed by atoms with Crippen molar-refractivity contribution in [1.82, 2.24) is 5.01 Å². The first kappa shape index (κ1) is 35.4. The molecule has 6 atom stereocenters.